The van der Waals surface area contributed by atoms with E-state index >= 15 is 0 Å². The normalized spacial score (nSPS) is 10.7. The Balaban J connectivity index is 2.28. The number of nitrogen functional groups attached to an aromatic ring is 1. The van der Waals surface area contributed by atoms with Gasteiger partial charge in [-0.05, 0) is 23.6 Å². The average Bonchev–Trinajstić information content (AvgIpc) is 2.91. The van der Waals surface area contributed by atoms with Crippen LogP contribution in [-0.4, -0.2) is 29.0 Å². The third-order valence-electron chi connectivity index (χ3n) is 3.07. The molecule has 2 aromatic heterocycles. The Morgan fingerprint density at radius 1 is 1.15 bits per heavy atom. The van der Waals surface area contributed by atoms with Gasteiger partial charge in [0.05, 0.1) is 32.3 Å². The third-order valence-corrected chi connectivity index (χ3v) is 3.07. The van der Waals surface area contributed by atoms with Crippen LogP contribution in [0.1, 0.15) is 0 Å². The fraction of sp³-hybridized carbons (Fsp3) is 0.143. The first-order chi connectivity index (χ1) is 9.72. The molecule has 0 spiro atoms. The number of nitrogens with two attached hydrogens (primary N) is 1. The first-order valence-corrected chi connectivity index (χ1v) is 6.04. The Kier molecular flexibility index (Phi) is 2.90. The highest BCUT2D eigenvalue weighted by Gasteiger charge is 2.11. The maximum atomic E-state index is 5.71. The van der Waals surface area contributed by atoms with Crippen molar-refractivity contribution in [2.75, 3.05) is 20.0 Å². The van der Waals surface area contributed by atoms with Crippen LogP contribution in [0.4, 0.5) is 5.69 Å². The summed E-state index contributed by atoms with van der Waals surface area (Å²) in [4.78, 5) is 4.37. The van der Waals surface area contributed by atoms with Gasteiger partial charge in [-0.25, -0.2) is 9.67 Å². The summed E-state index contributed by atoms with van der Waals surface area (Å²) in [5, 5.41) is 6.09. The van der Waals surface area contributed by atoms with E-state index in [1.165, 1.54) is 0 Å². The van der Waals surface area contributed by atoms with Gasteiger partial charge in [0, 0.05) is 11.6 Å². The summed E-state index contributed by atoms with van der Waals surface area (Å²) in [5.41, 5.74) is 6.29. The van der Waals surface area contributed by atoms with Crippen molar-refractivity contribution in [3.63, 3.8) is 0 Å². The lowest BCUT2D eigenvalue weighted by atomic mass is 10.1. The van der Waals surface area contributed by atoms with Gasteiger partial charge in [0.1, 0.15) is 0 Å². The molecule has 3 rings (SSSR count). The van der Waals surface area contributed by atoms with Crippen LogP contribution in [0.25, 0.3) is 16.6 Å². The van der Waals surface area contributed by atoms with Gasteiger partial charge in [-0.3, -0.25) is 0 Å². The molecular weight excluding hydrogens is 256 g/mol. The molecule has 20 heavy (non-hydrogen) atoms. The Labute approximate surface area is 115 Å². The topological polar surface area (TPSA) is 75.2 Å². The third kappa shape index (κ3) is 1.91. The van der Waals surface area contributed by atoms with E-state index in [2.05, 4.69) is 10.1 Å². The molecule has 0 fully saturated rings. The number of ether oxygens (including phenoxy) is 2. The van der Waals surface area contributed by atoms with E-state index in [9.17, 15) is 0 Å². The molecule has 0 amide bonds. The number of benzene rings is 1. The van der Waals surface area contributed by atoms with Gasteiger partial charge in [-0.2, -0.15) is 5.10 Å². The van der Waals surface area contributed by atoms with Crippen LogP contribution in [0.15, 0.2) is 36.8 Å². The van der Waals surface area contributed by atoms with Crippen LogP contribution in [0.3, 0.4) is 0 Å². The maximum Gasteiger partial charge on any atom is 0.161 e. The number of fused-ring (bicyclic) bond motifs is 1. The van der Waals surface area contributed by atoms with Crippen LogP contribution in [-0.2, 0) is 0 Å². The lowest BCUT2D eigenvalue weighted by Crippen LogP contribution is -2.00. The Bertz CT molecular complexity index is 767. The van der Waals surface area contributed by atoms with E-state index < -0.39 is 0 Å². The van der Waals surface area contributed by atoms with Crippen molar-refractivity contribution in [3.05, 3.63) is 36.8 Å². The molecule has 6 heteroatoms. The van der Waals surface area contributed by atoms with Crippen LogP contribution in [0.2, 0.25) is 0 Å². The minimum absolute atomic E-state index is 0.587. The molecule has 0 saturated heterocycles. The summed E-state index contributed by atoms with van der Waals surface area (Å²) < 4.78 is 12.3. The Morgan fingerprint density at radius 2 is 1.90 bits per heavy atom. The quantitative estimate of drug-likeness (QED) is 0.788. The van der Waals surface area contributed by atoms with E-state index in [-0.39, 0.29) is 0 Å². The molecule has 0 aliphatic carbocycles. The first kappa shape index (κ1) is 12.3. The number of hydrogen-bond acceptors (Lipinski definition) is 5. The van der Waals surface area contributed by atoms with Crippen molar-refractivity contribution < 1.29 is 9.47 Å². The van der Waals surface area contributed by atoms with Crippen molar-refractivity contribution >= 4 is 16.5 Å². The van der Waals surface area contributed by atoms with Gasteiger partial charge in [0.15, 0.2) is 17.3 Å². The second-order valence-corrected chi connectivity index (χ2v) is 4.28. The van der Waals surface area contributed by atoms with Gasteiger partial charge in [0.2, 0.25) is 0 Å². The number of pyridine rings is 1. The summed E-state index contributed by atoms with van der Waals surface area (Å²) in [6.45, 7) is 0. The molecule has 0 unspecified atom stereocenters. The maximum absolute atomic E-state index is 5.71. The van der Waals surface area contributed by atoms with Gasteiger partial charge in [-0.1, -0.05) is 0 Å². The van der Waals surface area contributed by atoms with E-state index in [1.54, 1.807) is 37.5 Å². The van der Waals surface area contributed by atoms with Crippen LogP contribution in [0, 0.1) is 0 Å². The van der Waals surface area contributed by atoms with Gasteiger partial charge >= 0.3 is 0 Å². The zero-order valence-corrected chi connectivity index (χ0v) is 11.2. The second kappa shape index (κ2) is 4.73. The fourth-order valence-electron chi connectivity index (χ4n) is 2.12. The second-order valence-electron chi connectivity index (χ2n) is 4.28. The monoisotopic (exact) mass is 270 g/mol. The molecular formula is C14H14N4O2. The molecule has 0 aliphatic heterocycles. The summed E-state index contributed by atoms with van der Waals surface area (Å²) in [7, 11) is 3.21. The SMILES string of the molecule is COc1cc2ccnc(-n3cc(N)cn3)c2cc1OC. The van der Waals surface area contributed by atoms with E-state index in [0.717, 1.165) is 10.8 Å². The molecule has 0 radical (unpaired) electrons. The lowest BCUT2D eigenvalue weighted by molar-refractivity contribution is 0.356. The van der Waals surface area contributed by atoms with Crippen molar-refractivity contribution in [3.8, 4) is 17.3 Å². The summed E-state index contributed by atoms with van der Waals surface area (Å²) in [6, 6.07) is 5.70. The number of hydrogen-bond donors (Lipinski definition) is 1. The number of anilines is 1. The first-order valence-electron chi connectivity index (χ1n) is 6.04. The predicted molar refractivity (Wildman–Crippen MR) is 76.4 cm³/mol. The summed E-state index contributed by atoms with van der Waals surface area (Å²) in [6.07, 6.45) is 5.03. The van der Waals surface area contributed by atoms with Gasteiger partial charge < -0.3 is 15.2 Å². The van der Waals surface area contributed by atoms with Crippen molar-refractivity contribution in [1.82, 2.24) is 14.8 Å². The summed E-state index contributed by atoms with van der Waals surface area (Å²) in [5.74, 6) is 2.02. The Hall–Kier alpha value is -2.76. The number of rotatable bonds is 3. The fourth-order valence-corrected chi connectivity index (χ4v) is 2.12. The van der Waals surface area contributed by atoms with Crippen molar-refractivity contribution in [2.24, 2.45) is 0 Å². The highest BCUT2D eigenvalue weighted by molar-refractivity contribution is 5.91. The minimum atomic E-state index is 0.587. The number of methoxy groups -OCH3 is 2. The van der Waals surface area contributed by atoms with Crippen molar-refractivity contribution in [2.45, 2.75) is 0 Å². The smallest absolute Gasteiger partial charge is 0.161 e. The highest BCUT2D eigenvalue weighted by Crippen LogP contribution is 2.33. The van der Waals surface area contributed by atoms with E-state index in [4.69, 9.17) is 15.2 Å². The molecule has 2 heterocycles. The lowest BCUT2D eigenvalue weighted by Gasteiger charge is -2.11. The molecule has 6 nitrogen and oxygen atoms in total. The van der Waals surface area contributed by atoms with Gasteiger partial charge in [0.25, 0.3) is 0 Å². The van der Waals surface area contributed by atoms with Gasteiger partial charge in [-0.15, -0.1) is 0 Å². The molecule has 102 valence electrons. The molecule has 0 saturated carbocycles. The zero-order chi connectivity index (χ0) is 14.1. The van der Waals surface area contributed by atoms with E-state index in [0.29, 0.717) is 23.0 Å². The average molecular weight is 270 g/mol. The zero-order valence-electron chi connectivity index (χ0n) is 11.2. The highest BCUT2D eigenvalue weighted by atomic mass is 16.5. The molecule has 0 atom stereocenters. The van der Waals surface area contributed by atoms with Crippen molar-refractivity contribution in [1.29, 1.82) is 0 Å². The number of aromatic nitrogens is 3. The molecule has 3 aromatic rings. The van der Waals surface area contributed by atoms with Crippen LogP contribution < -0.4 is 15.2 Å². The van der Waals surface area contributed by atoms with Crippen LogP contribution >= 0.6 is 0 Å². The Morgan fingerprint density at radius 3 is 2.55 bits per heavy atom. The standard InChI is InChI=1S/C14H14N4O2/c1-19-12-5-9-3-4-16-14(11(9)6-13(12)20-2)18-8-10(15)7-17-18/h3-8H,15H2,1-2H3. The number of nitrogens with zero attached hydrogens (tertiary/aromatic N) is 3. The van der Waals surface area contributed by atoms with Crippen LogP contribution in [0.5, 0.6) is 11.5 Å². The minimum Gasteiger partial charge on any atom is -0.493 e. The largest absolute Gasteiger partial charge is 0.493 e. The van der Waals surface area contributed by atoms with E-state index in [1.807, 2.05) is 18.2 Å². The molecule has 2 N–H and O–H groups in total. The molecule has 1 aromatic carbocycles. The molecule has 0 bridgehead atoms. The molecule has 0 aliphatic rings. The summed E-state index contributed by atoms with van der Waals surface area (Å²) >= 11 is 0. The predicted octanol–water partition coefficient (Wildman–Crippen LogP) is 2.02.